The monoisotopic (exact) mass is 173 g/mol. The molecule has 0 spiro atoms. The highest BCUT2D eigenvalue weighted by Gasteiger charge is 2.00. The van der Waals surface area contributed by atoms with Crippen molar-refractivity contribution in [2.45, 2.75) is 0 Å². The van der Waals surface area contributed by atoms with Gasteiger partial charge in [-0.3, -0.25) is 10.7 Å². The van der Waals surface area contributed by atoms with Gasteiger partial charge < -0.3 is 4.74 Å². The fourth-order valence-electron chi connectivity index (χ4n) is 0.768. The molecule has 2 N–H and O–H groups in total. The summed E-state index contributed by atoms with van der Waals surface area (Å²) in [6.07, 6.45) is 0. The topological polar surface area (TPSA) is 41.5 Å². The SMILES string of the molecule is COc1ccc(Cl)cc1NO. The lowest BCUT2D eigenvalue weighted by atomic mass is 10.3. The summed E-state index contributed by atoms with van der Waals surface area (Å²) in [7, 11) is 1.52. The number of benzene rings is 1. The maximum absolute atomic E-state index is 8.59. The van der Waals surface area contributed by atoms with Crippen molar-refractivity contribution in [3.63, 3.8) is 0 Å². The molecule has 0 aromatic heterocycles. The molecule has 0 saturated carbocycles. The summed E-state index contributed by atoms with van der Waals surface area (Å²) in [4.78, 5) is 0. The predicted molar refractivity (Wildman–Crippen MR) is 43.4 cm³/mol. The van der Waals surface area contributed by atoms with E-state index in [4.69, 9.17) is 21.5 Å². The van der Waals surface area contributed by atoms with Gasteiger partial charge in [0.15, 0.2) is 0 Å². The van der Waals surface area contributed by atoms with Crippen LogP contribution in [0.15, 0.2) is 18.2 Å². The summed E-state index contributed by atoms with van der Waals surface area (Å²) in [6.45, 7) is 0. The minimum atomic E-state index is 0.458. The van der Waals surface area contributed by atoms with Gasteiger partial charge in [-0.25, -0.2) is 0 Å². The molecule has 1 rings (SSSR count). The highest BCUT2D eigenvalue weighted by molar-refractivity contribution is 6.30. The Kier molecular flexibility index (Phi) is 2.57. The van der Waals surface area contributed by atoms with Gasteiger partial charge in [0.1, 0.15) is 11.4 Å². The number of rotatable bonds is 2. The van der Waals surface area contributed by atoms with Crippen molar-refractivity contribution in [3.05, 3.63) is 23.2 Å². The van der Waals surface area contributed by atoms with Gasteiger partial charge in [-0.1, -0.05) is 11.6 Å². The van der Waals surface area contributed by atoms with Crippen molar-refractivity contribution in [1.82, 2.24) is 0 Å². The van der Waals surface area contributed by atoms with Crippen molar-refractivity contribution in [3.8, 4) is 5.75 Å². The van der Waals surface area contributed by atoms with E-state index in [1.165, 1.54) is 7.11 Å². The molecule has 0 amide bonds. The average molecular weight is 174 g/mol. The highest BCUT2D eigenvalue weighted by atomic mass is 35.5. The van der Waals surface area contributed by atoms with Crippen LogP contribution in [0.2, 0.25) is 5.02 Å². The van der Waals surface area contributed by atoms with Gasteiger partial charge in [0, 0.05) is 5.02 Å². The molecule has 0 heterocycles. The molecule has 0 radical (unpaired) electrons. The Morgan fingerprint density at radius 1 is 1.55 bits per heavy atom. The quantitative estimate of drug-likeness (QED) is 0.674. The van der Waals surface area contributed by atoms with Crippen LogP contribution in [0.3, 0.4) is 0 Å². The zero-order chi connectivity index (χ0) is 8.27. The third-order valence-electron chi connectivity index (χ3n) is 1.28. The molecule has 0 aliphatic rings. The van der Waals surface area contributed by atoms with E-state index >= 15 is 0 Å². The van der Waals surface area contributed by atoms with E-state index in [0.29, 0.717) is 16.5 Å². The van der Waals surface area contributed by atoms with E-state index < -0.39 is 0 Å². The van der Waals surface area contributed by atoms with Gasteiger partial charge in [0.05, 0.1) is 7.11 Å². The van der Waals surface area contributed by atoms with Crippen LogP contribution in [0.25, 0.3) is 0 Å². The summed E-state index contributed by atoms with van der Waals surface area (Å²) >= 11 is 5.65. The van der Waals surface area contributed by atoms with E-state index in [1.807, 2.05) is 5.48 Å². The van der Waals surface area contributed by atoms with E-state index in [0.717, 1.165) is 0 Å². The zero-order valence-electron chi connectivity index (χ0n) is 5.97. The van der Waals surface area contributed by atoms with Gasteiger partial charge in [-0.05, 0) is 18.2 Å². The second kappa shape index (κ2) is 3.46. The Morgan fingerprint density at radius 2 is 2.27 bits per heavy atom. The molecule has 0 aliphatic heterocycles. The van der Waals surface area contributed by atoms with E-state index in [9.17, 15) is 0 Å². The molecule has 60 valence electrons. The van der Waals surface area contributed by atoms with Crippen LogP contribution >= 0.6 is 11.6 Å². The van der Waals surface area contributed by atoms with Crippen molar-refractivity contribution in [2.75, 3.05) is 12.6 Å². The smallest absolute Gasteiger partial charge is 0.144 e. The number of hydrogen-bond acceptors (Lipinski definition) is 3. The summed E-state index contributed by atoms with van der Waals surface area (Å²) in [5.41, 5.74) is 2.44. The van der Waals surface area contributed by atoms with Crippen molar-refractivity contribution in [1.29, 1.82) is 0 Å². The minimum Gasteiger partial charge on any atom is -0.495 e. The maximum Gasteiger partial charge on any atom is 0.144 e. The lowest BCUT2D eigenvalue weighted by molar-refractivity contribution is 0.373. The number of halogens is 1. The third-order valence-corrected chi connectivity index (χ3v) is 1.52. The molecule has 0 atom stereocenters. The summed E-state index contributed by atoms with van der Waals surface area (Å²) in [6, 6.07) is 4.92. The molecule has 11 heavy (non-hydrogen) atoms. The molecule has 1 aromatic carbocycles. The Morgan fingerprint density at radius 3 is 2.82 bits per heavy atom. The summed E-state index contributed by atoms with van der Waals surface area (Å²) < 4.78 is 4.91. The molecule has 0 bridgehead atoms. The van der Waals surface area contributed by atoms with Gasteiger partial charge in [0.25, 0.3) is 0 Å². The first-order chi connectivity index (χ1) is 5.27. The van der Waals surface area contributed by atoms with Crippen LogP contribution in [0.4, 0.5) is 5.69 Å². The van der Waals surface area contributed by atoms with E-state index in [1.54, 1.807) is 18.2 Å². The molecule has 0 unspecified atom stereocenters. The Hall–Kier alpha value is -0.930. The van der Waals surface area contributed by atoms with E-state index in [-0.39, 0.29) is 0 Å². The van der Waals surface area contributed by atoms with Crippen LogP contribution in [0.1, 0.15) is 0 Å². The second-order valence-corrected chi connectivity index (χ2v) is 2.39. The van der Waals surface area contributed by atoms with Crippen LogP contribution < -0.4 is 10.2 Å². The fourth-order valence-corrected chi connectivity index (χ4v) is 0.940. The van der Waals surface area contributed by atoms with Crippen LogP contribution in [0, 0.1) is 0 Å². The molecule has 4 heteroatoms. The fraction of sp³-hybridized carbons (Fsp3) is 0.143. The predicted octanol–water partition coefficient (Wildman–Crippen LogP) is 2.15. The Labute approximate surface area is 69.5 Å². The molecule has 0 fully saturated rings. The first-order valence-corrected chi connectivity index (χ1v) is 3.39. The number of methoxy groups -OCH3 is 1. The lowest BCUT2D eigenvalue weighted by Crippen LogP contribution is -1.93. The Balaban J connectivity index is 3.06. The van der Waals surface area contributed by atoms with Crippen molar-refractivity contribution in [2.24, 2.45) is 0 Å². The largest absolute Gasteiger partial charge is 0.495 e. The summed E-state index contributed by atoms with van der Waals surface area (Å²) in [5, 5.41) is 9.13. The number of nitrogens with one attached hydrogen (secondary N) is 1. The van der Waals surface area contributed by atoms with E-state index in [2.05, 4.69) is 0 Å². The molecular formula is C7H8ClNO2. The molecule has 0 saturated heterocycles. The lowest BCUT2D eigenvalue weighted by Gasteiger charge is -2.05. The van der Waals surface area contributed by atoms with Gasteiger partial charge in [-0.2, -0.15) is 0 Å². The van der Waals surface area contributed by atoms with Crippen molar-refractivity contribution < 1.29 is 9.94 Å². The molecule has 1 aromatic rings. The summed E-state index contributed by atoms with van der Waals surface area (Å²) in [5.74, 6) is 0.553. The van der Waals surface area contributed by atoms with Gasteiger partial charge in [0.2, 0.25) is 0 Å². The van der Waals surface area contributed by atoms with Gasteiger partial charge >= 0.3 is 0 Å². The Bertz CT molecular complexity index is 252. The third kappa shape index (κ3) is 1.76. The first kappa shape index (κ1) is 8.17. The van der Waals surface area contributed by atoms with Crippen molar-refractivity contribution >= 4 is 17.3 Å². The average Bonchev–Trinajstić information content (AvgIpc) is 2.04. The first-order valence-electron chi connectivity index (χ1n) is 3.01. The zero-order valence-corrected chi connectivity index (χ0v) is 6.72. The van der Waals surface area contributed by atoms with Crippen LogP contribution in [0.5, 0.6) is 5.75 Å². The number of anilines is 1. The molecular weight excluding hydrogens is 166 g/mol. The van der Waals surface area contributed by atoms with Gasteiger partial charge in [-0.15, -0.1) is 0 Å². The van der Waals surface area contributed by atoms with Crippen LogP contribution in [-0.2, 0) is 0 Å². The number of hydrogen-bond donors (Lipinski definition) is 2. The minimum absolute atomic E-state index is 0.458. The molecule has 0 aliphatic carbocycles. The maximum atomic E-state index is 8.59. The second-order valence-electron chi connectivity index (χ2n) is 1.96. The highest BCUT2D eigenvalue weighted by Crippen LogP contribution is 2.26. The van der Waals surface area contributed by atoms with Crippen LogP contribution in [-0.4, -0.2) is 12.3 Å². The molecule has 3 nitrogen and oxygen atoms in total. The standard InChI is InChI=1S/C7H8ClNO2/c1-11-7-3-2-5(8)4-6(7)9-10/h2-4,9-10H,1H3. The number of ether oxygens (including phenoxy) is 1. The normalized spacial score (nSPS) is 9.36.